The van der Waals surface area contributed by atoms with Gasteiger partial charge in [0.05, 0.1) is 12.3 Å². The highest BCUT2D eigenvalue weighted by Crippen LogP contribution is 2.42. The molecule has 0 aliphatic heterocycles. The minimum absolute atomic E-state index is 0.615. The molecule has 1 aromatic rings. The fourth-order valence-corrected chi connectivity index (χ4v) is 2.43. The van der Waals surface area contributed by atoms with E-state index in [2.05, 4.69) is 4.98 Å². The zero-order valence-electron chi connectivity index (χ0n) is 7.75. The molecule has 13 heavy (non-hydrogen) atoms. The van der Waals surface area contributed by atoms with Gasteiger partial charge in [0.15, 0.2) is 0 Å². The fourth-order valence-electron chi connectivity index (χ4n) is 1.42. The topological polar surface area (TPSA) is 48.1 Å². The van der Waals surface area contributed by atoms with E-state index in [1.165, 1.54) is 23.4 Å². The van der Waals surface area contributed by atoms with Gasteiger partial charge in [-0.2, -0.15) is 0 Å². The minimum atomic E-state index is 0.615. The van der Waals surface area contributed by atoms with Crippen LogP contribution in [0.2, 0.25) is 0 Å². The van der Waals surface area contributed by atoms with Gasteiger partial charge < -0.3 is 10.5 Å². The van der Waals surface area contributed by atoms with Gasteiger partial charge >= 0.3 is 0 Å². The molecule has 2 N–H and O–H groups in total. The average Bonchev–Trinajstić information content (AvgIpc) is 2.89. The monoisotopic (exact) mass is 198 g/mol. The molecule has 1 fully saturated rings. The van der Waals surface area contributed by atoms with E-state index in [-0.39, 0.29) is 0 Å². The van der Waals surface area contributed by atoms with Crippen LogP contribution in [0.5, 0.6) is 0 Å². The SMILES string of the molecule is COCc1nc(C2CC2)c(CN)s1. The highest BCUT2D eigenvalue weighted by molar-refractivity contribution is 7.11. The van der Waals surface area contributed by atoms with Crippen LogP contribution < -0.4 is 5.73 Å². The van der Waals surface area contributed by atoms with Crippen molar-refractivity contribution in [1.82, 2.24) is 4.98 Å². The number of nitrogens with zero attached hydrogens (tertiary/aromatic N) is 1. The predicted molar refractivity (Wildman–Crippen MR) is 52.7 cm³/mol. The van der Waals surface area contributed by atoms with Gasteiger partial charge in [0.2, 0.25) is 0 Å². The van der Waals surface area contributed by atoms with Gasteiger partial charge in [0.1, 0.15) is 5.01 Å². The van der Waals surface area contributed by atoms with Crippen LogP contribution in [0.4, 0.5) is 0 Å². The van der Waals surface area contributed by atoms with Gasteiger partial charge in [0.25, 0.3) is 0 Å². The van der Waals surface area contributed by atoms with Crippen LogP contribution in [0.25, 0.3) is 0 Å². The molecule has 0 amide bonds. The standard InChI is InChI=1S/C9H14N2OS/c1-12-5-8-11-9(6-2-3-6)7(4-10)13-8/h6H,2-5,10H2,1H3. The van der Waals surface area contributed by atoms with E-state index in [0.29, 0.717) is 19.1 Å². The van der Waals surface area contributed by atoms with Crippen molar-refractivity contribution in [3.8, 4) is 0 Å². The molecule has 3 nitrogen and oxygen atoms in total. The molecular weight excluding hydrogens is 184 g/mol. The summed E-state index contributed by atoms with van der Waals surface area (Å²) < 4.78 is 5.05. The molecule has 1 aromatic heterocycles. The second kappa shape index (κ2) is 3.74. The largest absolute Gasteiger partial charge is 0.378 e. The summed E-state index contributed by atoms with van der Waals surface area (Å²) in [5.74, 6) is 0.695. The van der Waals surface area contributed by atoms with Crippen molar-refractivity contribution in [3.05, 3.63) is 15.6 Å². The molecule has 0 bridgehead atoms. The molecule has 0 unspecified atom stereocenters. The normalized spacial score (nSPS) is 16.5. The Morgan fingerprint density at radius 3 is 2.92 bits per heavy atom. The Kier molecular flexibility index (Phi) is 2.62. The molecule has 2 rings (SSSR count). The molecule has 1 aliphatic carbocycles. The Hall–Kier alpha value is -0.450. The summed E-state index contributed by atoms with van der Waals surface area (Å²) in [6.07, 6.45) is 2.56. The Bertz CT molecular complexity index is 294. The number of hydrogen-bond acceptors (Lipinski definition) is 4. The number of methoxy groups -OCH3 is 1. The summed E-state index contributed by atoms with van der Waals surface area (Å²) in [6.45, 7) is 1.23. The van der Waals surface area contributed by atoms with Gasteiger partial charge in [-0.15, -0.1) is 11.3 Å². The lowest BCUT2D eigenvalue weighted by Crippen LogP contribution is -1.96. The van der Waals surface area contributed by atoms with Crippen LogP contribution in [0.3, 0.4) is 0 Å². The molecule has 0 aromatic carbocycles. The van der Waals surface area contributed by atoms with Gasteiger partial charge in [-0.3, -0.25) is 0 Å². The Morgan fingerprint density at radius 2 is 2.38 bits per heavy atom. The molecule has 1 aliphatic rings. The first-order valence-electron chi connectivity index (χ1n) is 4.52. The van der Waals surface area contributed by atoms with Gasteiger partial charge in [-0.05, 0) is 12.8 Å². The first kappa shape index (κ1) is 9.12. The molecule has 4 heteroatoms. The Morgan fingerprint density at radius 1 is 1.62 bits per heavy atom. The molecule has 0 saturated heterocycles. The van der Waals surface area contributed by atoms with E-state index in [1.54, 1.807) is 18.4 Å². The quantitative estimate of drug-likeness (QED) is 0.799. The smallest absolute Gasteiger partial charge is 0.119 e. The van der Waals surface area contributed by atoms with E-state index < -0.39 is 0 Å². The summed E-state index contributed by atoms with van der Waals surface area (Å²) in [5, 5.41) is 1.06. The maximum Gasteiger partial charge on any atom is 0.119 e. The molecule has 0 spiro atoms. The van der Waals surface area contributed by atoms with Crippen LogP contribution in [0.15, 0.2) is 0 Å². The second-order valence-corrected chi connectivity index (χ2v) is 4.50. The van der Waals surface area contributed by atoms with Gasteiger partial charge in [-0.1, -0.05) is 0 Å². The van der Waals surface area contributed by atoms with Crippen molar-refractivity contribution in [1.29, 1.82) is 0 Å². The molecule has 0 atom stereocenters. The molecule has 1 heterocycles. The van der Waals surface area contributed by atoms with Crippen molar-refractivity contribution in [2.24, 2.45) is 5.73 Å². The third-order valence-corrected chi connectivity index (χ3v) is 3.26. The first-order valence-corrected chi connectivity index (χ1v) is 5.34. The first-order chi connectivity index (χ1) is 6.35. The van der Waals surface area contributed by atoms with Crippen molar-refractivity contribution in [2.45, 2.75) is 31.9 Å². The predicted octanol–water partition coefficient (Wildman–Crippen LogP) is 1.63. The lowest BCUT2D eigenvalue weighted by Gasteiger charge is -1.93. The fraction of sp³-hybridized carbons (Fsp3) is 0.667. The summed E-state index contributed by atoms with van der Waals surface area (Å²) in [5.41, 5.74) is 6.89. The number of nitrogens with two attached hydrogens (primary N) is 1. The number of rotatable bonds is 4. The van der Waals surface area contributed by atoms with E-state index in [4.69, 9.17) is 10.5 Å². The highest BCUT2D eigenvalue weighted by atomic mass is 32.1. The summed E-state index contributed by atoms with van der Waals surface area (Å²) >= 11 is 1.69. The van der Waals surface area contributed by atoms with Gasteiger partial charge in [0, 0.05) is 24.4 Å². The third-order valence-electron chi connectivity index (χ3n) is 2.19. The van der Waals surface area contributed by atoms with Crippen LogP contribution in [-0.4, -0.2) is 12.1 Å². The van der Waals surface area contributed by atoms with E-state index >= 15 is 0 Å². The molecule has 0 radical (unpaired) electrons. The van der Waals surface area contributed by atoms with E-state index in [9.17, 15) is 0 Å². The average molecular weight is 198 g/mol. The lowest BCUT2D eigenvalue weighted by molar-refractivity contribution is 0.184. The van der Waals surface area contributed by atoms with Crippen molar-refractivity contribution < 1.29 is 4.74 Å². The maximum absolute atomic E-state index is 5.66. The van der Waals surface area contributed by atoms with Crippen LogP contribution in [0.1, 0.15) is 34.3 Å². The molecule has 72 valence electrons. The van der Waals surface area contributed by atoms with Crippen molar-refractivity contribution in [3.63, 3.8) is 0 Å². The number of hydrogen-bond donors (Lipinski definition) is 1. The zero-order chi connectivity index (χ0) is 9.26. The van der Waals surface area contributed by atoms with Gasteiger partial charge in [-0.25, -0.2) is 4.98 Å². The summed E-state index contributed by atoms with van der Waals surface area (Å²) in [6, 6.07) is 0. The van der Waals surface area contributed by atoms with Crippen LogP contribution >= 0.6 is 11.3 Å². The Labute approximate surface area is 81.9 Å². The van der Waals surface area contributed by atoms with Crippen molar-refractivity contribution >= 4 is 11.3 Å². The highest BCUT2D eigenvalue weighted by Gasteiger charge is 2.28. The number of thiazole rings is 1. The third kappa shape index (κ3) is 1.90. The zero-order valence-corrected chi connectivity index (χ0v) is 8.56. The minimum Gasteiger partial charge on any atom is -0.378 e. The van der Waals surface area contributed by atoms with Crippen LogP contribution in [-0.2, 0) is 17.9 Å². The lowest BCUT2D eigenvalue weighted by atomic mass is 10.2. The Balaban J connectivity index is 2.20. The molecule has 1 saturated carbocycles. The summed E-state index contributed by atoms with van der Waals surface area (Å²) in [4.78, 5) is 5.79. The molecular formula is C9H14N2OS. The van der Waals surface area contributed by atoms with E-state index in [0.717, 1.165) is 5.01 Å². The summed E-state index contributed by atoms with van der Waals surface area (Å²) in [7, 11) is 1.69. The number of ether oxygens (including phenoxy) is 1. The van der Waals surface area contributed by atoms with Crippen LogP contribution in [0, 0.1) is 0 Å². The maximum atomic E-state index is 5.66. The number of aromatic nitrogens is 1. The van der Waals surface area contributed by atoms with Crippen molar-refractivity contribution in [2.75, 3.05) is 7.11 Å². The van der Waals surface area contributed by atoms with E-state index in [1.807, 2.05) is 0 Å². The second-order valence-electron chi connectivity index (χ2n) is 3.33.